The number of hydrogen-bond acceptors (Lipinski definition) is 1. The zero-order valence-corrected chi connectivity index (χ0v) is 9.09. The predicted octanol–water partition coefficient (Wildman–Crippen LogP) is 2.45. The van der Waals surface area contributed by atoms with Gasteiger partial charge < -0.3 is 5.73 Å². The molecule has 0 bridgehead atoms. The van der Waals surface area contributed by atoms with Gasteiger partial charge in [0.05, 0.1) is 0 Å². The molecule has 1 aliphatic rings. The molecule has 1 nitrogen and oxygen atoms in total. The zero-order chi connectivity index (χ0) is 10.1. The Hall–Kier alpha value is -0.820. The average molecular weight is 189 g/mol. The van der Waals surface area contributed by atoms with Crippen molar-refractivity contribution in [3.8, 4) is 0 Å². The summed E-state index contributed by atoms with van der Waals surface area (Å²) in [5, 5.41) is 0. The van der Waals surface area contributed by atoms with Crippen molar-refractivity contribution < 1.29 is 0 Å². The van der Waals surface area contributed by atoms with Gasteiger partial charge in [0, 0.05) is 6.04 Å². The number of aryl methyl sites for hydroxylation is 2. The van der Waals surface area contributed by atoms with E-state index >= 15 is 0 Å². The van der Waals surface area contributed by atoms with E-state index in [4.69, 9.17) is 5.73 Å². The van der Waals surface area contributed by atoms with Crippen LogP contribution in [0.2, 0.25) is 0 Å². The van der Waals surface area contributed by atoms with E-state index in [2.05, 4.69) is 32.0 Å². The quantitative estimate of drug-likeness (QED) is 0.721. The normalized spacial score (nSPS) is 22.9. The summed E-state index contributed by atoms with van der Waals surface area (Å²) in [6.07, 6.45) is 3.64. The molecule has 2 N–H and O–H groups in total. The molecule has 0 heterocycles. The lowest BCUT2D eigenvalue weighted by molar-refractivity contribution is 0.393. The summed E-state index contributed by atoms with van der Waals surface area (Å²) in [6.45, 7) is 4.29. The van der Waals surface area contributed by atoms with Gasteiger partial charge in [-0.05, 0) is 50.2 Å². The molecule has 2 unspecified atom stereocenters. The first-order chi connectivity index (χ1) is 6.66. The lowest BCUT2D eigenvalue weighted by atomic mass is 9.80. The van der Waals surface area contributed by atoms with Crippen molar-refractivity contribution in [2.45, 2.75) is 39.2 Å². The summed E-state index contributed by atoms with van der Waals surface area (Å²) in [7, 11) is 0. The molecule has 1 aliphatic carbocycles. The molecule has 0 saturated heterocycles. The highest BCUT2D eigenvalue weighted by Crippen LogP contribution is 2.27. The Labute approximate surface area is 86.3 Å². The van der Waals surface area contributed by atoms with Crippen molar-refractivity contribution in [2.24, 2.45) is 11.7 Å². The minimum absolute atomic E-state index is 0.337. The van der Waals surface area contributed by atoms with Gasteiger partial charge in [0.25, 0.3) is 0 Å². The van der Waals surface area contributed by atoms with Crippen molar-refractivity contribution in [2.75, 3.05) is 0 Å². The van der Waals surface area contributed by atoms with Crippen LogP contribution in [-0.4, -0.2) is 6.04 Å². The molecule has 0 fully saturated rings. The molecule has 0 saturated carbocycles. The van der Waals surface area contributed by atoms with Crippen molar-refractivity contribution in [3.63, 3.8) is 0 Å². The molecule has 2 atom stereocenters. The molecule has 1 aromatic carbocycles. The standard InChI is InChI=1S/C13H19N/c1-9-3-4-11-5-6-12(10(2)14)8-13(11)7-9/h3-4,7,10,12H,5-6,8,14H2,1-2H3. The lowest BCUT2D eigenvalue weighted by Crippen LogP contribution is -2.31. The van der Waals surface area contributed by atoms with E-state index in [9.17, 15) is 0 Å². The summed E-state index contributed by atoms with van der Waals surface area (Å²) < 4.78 is 0. The van der Waals surface area contributed by atoms with Crippen LogP contribution in [0.4, 0.5) is 0 Å². The van der Waals surface area contributed by atoms with E-state index < -0.39 is 0 Å². The molecule has 14 heavy (non-hydrogen) atoms. The first-order valence-electron chi connectivity index (χ1n) is 5.51. The minimum Gasteiger partial charge on any atom is -0.328 e. The van der Waals surface area contributed by atoms with E-state index in [1.54, 1.807) is 0 Å². The maximum atomic E-state index is 5.96. The van der Waals surface area contributed by atoms with Crippen LogP contribution in [0, 0.1) is 12.8 Å². The van der Waals surface area contributed by atoms with Crippen molar-refractivity contribution in [3.05, 3.63) is 34.9 Å². The van der Waals surface area contributed by atoms with Gasteiger partial charge in [-0.3, -0.25) is 0 Å². The maximum absolute atomic E-state index is 5.96. The minimum atomic E-state index is 0.337. The van der Waals surface area contributed by atoms with Crippen molar-refractivity contribution >= 4 is 0 Å². The molecule has 1 aromatic rings. The summed E-state index contributed by atoms with van der Waals surface area (Å²) in [6, 6.07) is 7.15. The van der Waals surface area contributed by atoms with Gasteiger partial charge in [0.15, 0.2) is 0 Å². The fraction of sp³-hybridized carbons (Fsp3) is 0.538. The zero-order valence-electron chi connectivity index (χ0n) is 9.09. The second kappa shape index (κ2) is 3.74. The highest BCUT2D eigenvalue weighted by molar-refractivity contribution is 5.33. The van der Waals surface area contributed by atoms with Crippen molar-refractivity contribution in [1.82, 2.24) is 0 Å². The number of rotatable bonds is 1. The number of nitrogens with two attached hydrogens (primary N) is 1. The number of benzene rings is 1. The summed E-state index contributed by atoms with van der Waals surface area (Å²) >= 11 is 0. The Bertz CT molecular complexity index is 328. The van der Waals surface area contributed by atoms with Gasteiger partial charge >= 0.3 is 0 Å². The van der Waals surface area contributed by atoms with Crippen LogP contribution in [0.25, 0.3) is 0 Å². The summed E-state index contributed by atoms with van der Waals surface area (Å²) in [5.74, 6) is 0.685. The Kier molecular flexibility index (Phi) is 2.60. The van der Waals surface area contributed by atoms with Gasteiger partial charge in [0.1, 0.15) is 0 Å². The monoisotopic (exact) mass is 189 g/mol. The third kappa shape index (κ3) is 1.83. The molecule has 0 radical (unpaired) electrons. The van der Waals surface area contributed by atoms with Crippen LogP contribution in [0.15, 0.2) is 18.2 Å². The summed E-state index contributed by atoms with van der Waals surface area (Å²) in [5.41, 5.74) is 10.4. The molecule has 0 spiro atoms. The molecule has 76 valence electrons. The van der Waals surface area contributed by atoms with Crippen LogP contribution in [0.1, 0.15) is 30.0 Å². The SMILES string of the molecule is Cc1ccc2c(c1)CC(C(C)N)CC2. The number of hydrogen-bond donors (Lipinski definition) is 1. The Balaban J connectivity index is 2.24. The van der Waals surface area contributed by atoms with Gasteiger partial charge in [-0.1, -0.05) is 23.8 Å². The molecular formula is C13H19N. The largest absolute Gasteiger partial charge is 0.328 e. The van der Waals surface area contributed by atoms with Crippen LogP contribution in [0.3, 0.4) is 0 Å². The van der Waals surface area contributed by atoms with Crippen LogP contribution >= 0.6 is 0 Å². The smallest absolute Gasteiger partial charge is 0.00420 e. The van der Waals surface area contributed by atoms with Crippen LogP contribution < -0.4 is 5.73 Å². The van der Waals surface area contributed by atoms with Gasteiger partial charge in [0.2, 0.25) is 0 Å². The third-order valence-electron chi connectivity index (χ3n) is 3.37. The average Bonchev–Trinajstić information content (AvgIpc) is 2.16. The van der Waals surface area contributed by atoms with E-state index in [1.165, 1.54) is 36.0 Å². The second-order valence-electron chi connectivity index (χ2n) is 4.63. The lowest BCUT2D eigenvalue weighted by Gasteiger charge is -2.27. The molecule has 1 heteroatoms. The van der Waals surface area contributed by atoms with Gasteiger partial charge in [-0.15, -0.1) is 0 Å². The van der Waals surface area contributed by atoms with E-state index in [0.717, 1.165) is 0 Å². The van der Waals surface area contributed by atoms with Gasteiger partial charge in [-0.2, -0.15) is 0 Å². The number of fused-ring (bicyclic) bond motifs is 1. The third-order valence-corrected chi connectivity index (χ3v) is 3.37. The maximum Gasteiger partial charge on any atom is 0.00420 e. The molecular weight excluding hydrogens is 170 g/mol. The highest BCUT2D eigenvalue weighted by atomic mass is 14.6. The molecule has 2 rings (SSSR count). The first kappa shape index (κ1) is 9.72. The van der Waals surface area contributed by atoms with Crippen molar-refractivity contribution in [1.29, 1.82) is 0 Å². The predicted molar refractivity (Wildman–Crippen MR) is 60.3 cm³/mol. The molecule has 0 aliphatic heterocycles. The summed E-state index contributed by atoms with van der Waals surface area (Å²) in [4.78, 5) is 0. The van der Waals surface area contributed by atoms with Crippen LogP contribution in [0.5, 0.6) is 0 Å². The Morgan fingerprint density at radius 1 is 1.36 bits per heavy atom. The fourth-order valence-electron chi connectivity index (χ4n) is 2.36. The first-order valence-corrected chi connectivity index (χ1v) is 5.51. The van der Waals surface area contributed by atoms with E-state index in [0.29, 0.717) is 12.0 Å². The topological polar surface area (TPSA) is 26.0 Å². The van der Waals surface area contributed by atoms with E-state index in [-0.39, 0.29) is 0 Å². The Morgan fingerprint density at radius 3 is 2.86 bits per heavy atom. The van der Waals surface area contributed by atoms with Gasteiger partial charge in [-0.25, -0.2) is 0 Å². The second-order valence-corrected chi connectivity index (χ2v) is 4.63. The van der Waals surface area contributed by atoms with Crippen LogP contribution in [-0.2, 0) is 12.8 Å². The fourth-order valence-corrected chi connectivity index (χ4v) is 2.36. The van der Waals surface area contributed by atoms with E-state index in [1.807, 2.05) is 0 Å². The molecule has 0 amide bonds. The Morgan fingerprint density at radius 2 is 2.14 bits per heavy atom. The highest BCUT2D eigenvalue weighted by Gasteiger charge is 2.21. The molecule has 0 aromatic heterocycles.